The van der Waals surface area contributed by atoms with E-state index in [0.29, 0.717) is 11.8 Å². The van der Waals surface area contributed by atoms with E-state index < -0.39 is 73.0 Å². The molecule has 0 aromatic rings. The molecule has 0 amide bonds. The number of aliphatic hydroxyl groups is 7. The topological polar surface area (TPSA) is 160 Å². The second-order valence-corrected chi connectivity index (χ2v) is 6.77. The molecule has 2 saturated heterocycles. The van der Waals surface area contributed by atoms with Gasteiger partial charge in [-0.25, -0.2) is 4.39 Å². The zero-order valence-electron chi connectivity index (χ0n) is 11.9. The van der Waals surface area contributed by atoms with E-state index in [1.165, 1.54) is 0 Å². The van der Waals surface area contributed by atoms with Gasteiger partial charge in [-0.1, -0.05) is 0 Å². The Labute approximate surface area is 135 Å². The summed E-state index contributed by atoms with van der Waals surface area (Å²) in [6, 6.07) is 0. The molecule has 0 radical (unpaired) electrons. The van der Waals surface area contributed by atoms with Crippen LogP contribution < -0.4 is 0 Å². The Morgan fingerprint density at radius 1 is 0.739 bits per heavy atom. The van der Waals surface area contributed by atoms with E-state index in [1.54, 1.807) is 0 Å². The lowest BCUT2D eigenvalue weighted by molar-refractivity contribution is -0.220. The molecule has 136 valence electrons. The van der Waals surface area contributed by atoms with E-state index in [2.05, 4.69) is 0 Å². The number of alkyl halides is 1. The van der Waals surface area contributed by atoms with Crippen molar-refractivity contribution < 1.29 is 49.6 Å². The molecule has 0 bridgehead atoms. The Morgan fingerprint density at radius 2 is 1.35 bits per heavy atom. The average Bonchev–Trinajstić information content (AvgIpc) is 2.55. The Morgan fingerprint density at radius 3 is 1.91 bits per heavy atom. The van der Waals surface area contributed by atoms with Crippen molar-refractivity contribution in [3.05, 3.63) is 0 Å². The molecule has 0 unspecified atom stereocenters. The van der Waals surface area contributed by atoms with E-state index in [1.807, 2.05) is 0 Å². The molecule has 2 rings (SSSR count). The number of ether oxygens (including phenoxy) is 2. The maximum absolute atomic E-state index is 13.4. The van der Waals surface area contributed by atoms with Gasteiger partial charge >= 0.3 is 0 Å². The van der Waals surface area contributed by atoms with Crippen LogP contribution in [0.4, 0.5) is 4.39 Å². The molecule has 0 spiro atoms. The third-order valence-corrected chi connectivity index (χ3v) is 5.50. The standard InChI is InChI=1S/C12H21FO9S/c13-11-8(19)7(18)10(4(2-15)21-11)23-12-9(20)6(17)5(16)3(1-14)22-12/h3-12,14-20H,1-2H2/t3-,4-,5-,6+,7-,8-,9-,10-,11-,12+/m1/s1. The molecule has 2 heterocycles. The molecule has 0 aliphatic carbocycles. The van der Waals surface area contributed by atoms with Gasteiger partial charge in [0.2, 0.25) is 6.36 Å². The molecular weight excluding hydrogens is 339 g/mol. The highest BCUT2D eigenvalue weighted by molar-refractivity contribution is 8.00. The van der Waals surface area contributed by atoms with Gasteiger partial charge in [0.15, 0.2) is 0 Å². The molecular formula is C12H21FO9S. The quantitative estimate of drug-likeness (QED) is 0.266. The highest BCUT2D eigenvalue weighted by atomic mass is 32.2. The molecule has 10 atom stereocenters. The molecule has 23 heavy (non-hydrogen) atoms. The van der Waals surface area contributed by atoms with Gasteiger partial charge in [0.1, 0.15) is 36.0 Å². The predicted molar refractivity (Wildman–Crippen MR) is 74.0 cm³/mol. The number of hydrogen-bond donors (Lipinski definition) is 7. The molecule has 0 aromatic heterocycles. The van der Waals surface area contributed by atoms with Crippen molar-refractivity contribution >= 4 is 11.8 Å². The fourth-order valence-electron chi connectivity index (χ4n) is 2.54. The highest BCUT2D eigenvalue weighted by Gasteiger charge is 2.50. The number of aliphatic hydroxyl groups excluding tert-OH is 7. The number of halogens is 1. The Hall–Kier alpha value is -0.0800. The maximum Gasteiger partial charge on any atom is 0.228 e. The van der Waals surface area contributed by atoms with Gasteiger partial charge in [-0.3, -0.25) is 0 Å². The fourth-order valence-corrected chi connectivity index (χ4v) is 4.03. The van der Waals surface area contributed by atoms with Gasteiger partial charge in [0.05, 0.1) is 30.7 Å². The lowest BCUT2D eigenvalue weighted by Gasteiger charge is -2.44. The zero-order valence-corrected chi connectivity index (χ0v) is 12.7. The van der Waals surface area contributed by atoms with Crippen LogP contribution in [0.2, 0.25) is 0 Å². The minimum Gasteiger partial charge on any atom is -0.394 e. The van der Waals surface area contributed by atoms with Crippen molar-refractivity contribution in [2.75, 3.05) is 13.2 Å². The monoisotopic (exact) mass is 360 g/mol. The van der Waals surface area contributed by atoms with Crippen molar-refractivity contribution in [2.45, 2.75) is 59.8 Å². The minimum absolute atomic E-state index is 0.621. The van der Waals surface area contributed by atoms with Crippen LogP contribution in [-0.2, 0) is 9.47 Å². The Kier molecular flexibility index (Phi) is 6.58. The van der Waals surface area contributed by atoms with E-state index in [9.17, 15) is 35.0 Å². The van der Waals surface area contributed by atoms with E-state index in [4.69, 9.17) is 14.6 Å². The summed E-state index contributed by atoms with van der Waals surface area (Å²) in [4.78, 5) is 0. The van der Waals surface area contributed by atoms with Crippen molar-refractivity contribution in [1.29, 1.82) is 0 Å². The third-order valence-electron chi connectivity index (χ3n) is 3.95. The third kappa shape index (κ3) is 3.79. The average molecular weight is 360 g/mol. The summed E-state index contributed by atoms with van der Waals surface area (Å²) < 4.78 is 23.4. The molecule has 2 aliphatic heterocycles. The lowest BCUT2D eigenvalue weighted by Crippen LogP contribution is -2.60. The molecule has 2 fully saturated rings. The summed E-state index contributed by atoms with van der Waals surface area (Å²) >= 11 is 0.705. The van der Waals surface area contributed by atoms with Crippen LogP contribution in [-0.4, -0.2) is 109 Å². The van der Waals surface area contributed by atoms with Gasteiger partial charge in [-0.2, -0.15) is 0 Å². The van der Waals surface area contributed by atoms with Gasteiger partial charge in [-0.05, 0) is 0 Å². The Balaban J connectivity index is 2.11. The summed E-state index contributed by atoms with van der Waals surface area (Å²) in [7, 11) is 0. The minimum atomic E-state index is -2.17. The van der Waals surface area contributed by atoms with Crippen LogP contribution >= 0.6 is 11.8 Å². The van der Waals surface area contributed by atoms with Crippen molar-refractivity contribution in [2.24, 2.45) is 0 Å². The summed E-state index contributed by atoms with van der Waals surface area (Å²) in [5.41, 5.74) is -1.20. The smallest absolute Gasteiger partial charge is 0.228 e. The van der Waals surface area contributed by atoms with Crippen molar-refractivity contribution in [1.82, 2.24) is 0 Å². The first-order chi connectivity index (χ1) is 10.8. The first-order valence-corrected chi connectivity index (χ1v) is 7.98. The fraction of sp³-hybridized carbons (Fsp3) is 1.00. The van der Waals surface area contributed by atoms with Crippen molar-refractivity contribution in [3.8, 4) is 0 Å². The second-order valence-electron chi connectivity index (χ2n) is 5.49. The molecule has 9 nitrogen and oxygen atoms in total. The van der Waals surface area contributed by atoms with Gasteiger partial charge in [0.25, 0.3) is 0 Å². The van der Waals surface area contributed by atoms with Crippen LogP contribution in [0.1, 0.15) is 0 Å². The van der Waals surface area contributed by atoms with E-state index in [-0.39, 0.29) is 0 Å². The Bertz CT molecular complexity index is 388. The number of rotatable bonds is 4. The summed E-state index contributed by atoms with van der Waals surface area (Å²) in [6.07, 6.45) is -12.7. The number of thioether (sulfide) groups is 1. The number of hydrogen-bond acceptors (Lipinski definition) is 10. The van der Waals surface area contributed by atoms with Gasteiger partial charge < -0.3 is 45.2 Å². The lowest BCUT2D eigenvalue weighted by atomic mass is 10.0. The normalized spacial score (nSPS) is 51.7. The molecule has 2 aliphatic rings. The van der Waals surface area contributed by atoms with Crippen LogP contribution in [0.3, 0.4) is 0 Å². The van der Waals surface area contributed by atoms with Gasteiger partial charge in [-0.15, -0.1) is 11.8 Å². The van der Waals surface area contributed by atoms with E-state index in [0.717, 1.165) is 0 Å². The van der Waals surface area contributed by atoms with Crippen LogP contribution in [0.5, 0.6) is 0 Å². The summed E-state index contributed by atoms with van der Waals surface area (Å²) in [5, 5.41) is 66.2. The molecule has 0 aromatic carbocycles. The van der Waals surface area contributed by atoms with Crippen molar-refractivity contribution in [3.63, 3.8) is 0 Å². The summed E-state index contributed by atoms with van der Waals surface area (Å²) in [6.45, 7) is -1.27. The predicted octanol–water partition coefficient (Wildman–Crippen LogP) is -3.70. The van der Waals surface area contributed by atoms with Crippen LogP contribution in [0.15, 0.2) is 0 Å². The van der Waals surface area contributed by atoms with Crippen LogP contribution in [0.25, 0.3) is 0 Å². The second kappa shape index (κ2) is 7.87. The summed E-state index contributed by atoms with van der Waals surface area (Å²) in [5.74, 6) is 0. The molecule has 11 heteroatoms. The largest absolute Gasteiger partial charge is 0.394 e. The molecule has 0 saturated carbocycles. The SMILES string of the molecule is OC[C@H]1O[C@@H](S[C@H]2[C@H](O)[C@@H](O)[C@H](F)O[C@@H]2CO)[C@H](O)[C@@H](O)[C@@H]1O. The van der Waals surface area contributed by atoms with Gasteiger partial charge in [0, 0.05) is 0 Å². The molecule has 7 N–H and O–H groups in total. The first kappa shape index (κ1) is 19.2. The first-order valence-electron chi connectivity index (χ1n) is 7.04. The maximum atomic E-state index is 13.4. The highest BCUT2D eigenvalue weighted by Crippen LogP contribution is 2.37. The zero-order chi connectivity index (χ0) is 17.3. The van der Waals surface area contributed by atoms with Crippen LogP contribution in [0, 0.1) is 0 Å². The van der Waals surface area contributed by atoms with E-state index >= 15 is 0 Å².